The second-order valence-electron chi connectivity index (χ2n) is 5.29. The van der Waals surface area contributed by atoms with Gasteiger partial charge in [-0.3, -0.25) is 4.98 Å². The molecule has 2 nitrogen and oxygen atoms in total. The quantitative estimate of drug-likeness (QED) is 0.926. The van der Waals surface area contributed by atoms with E-state index < -0.39 is 0 Å². The largest absolute Gasteiger partial charge is 0.322 e. The number of nitrogens with two attached hydrogens (primary N) is 1. The molecule has 1 aromatic carbocycles. The normalized spacial score (nSPS) is 15.2. The molecular formula is C16H16Cl2N2. The lowest BCUT2D eigenvalue weighted by molar-refractivity contribution is 0.696. The summed E-state index contributed by atoms with van der Waals surface area (Å²) in [6.45, 7) is 0. The maximum Gasteiger partial charge on any atom is 0.0761 e. The van der Waals surface area contributed by atoms with E-state index in [2.05, 4.69) is 23.2 Å². The van der Waals surface area contributed by atoms with Crippen molar-refractivity contribution in [3.05, 3.63) is 62.9 Å². The first-order chi connectivity index (χ1) is 9.63. The molecule has 1 atom stereocenters. The third-order valence-electron chi connectivity index (χ3n) is 3.81. The summed E-state index contributed by atoms with van der Waals surface area (Å²) >= 11 is 12.0. The number of nitrogens with zero attached hydrogens (tertiary/aromatic N) is 1. The number of aromatic nitrogens is 1. The van der Waals surface area contributed by atoms with Crippen molar-refractivity contribution in [3.8, 4) is 0 Å². The molecule has 1 aliphatic rings. The minimum atomic E-state index is -0.209. The van der Waals surface area contributed by atoms with Gasteiger partial charge in [0.25, 0.3) is 0 Å². The first-order valence-corrected chi connectivity index (χ1v) is 7.56. The summed E-state index contributed by atoms with van der Waals surface area (Å²) in [5.41, 5.74) is 11.1. The molecule has 0 spiro atoms. The summed E-state index contributed by atoms with van der Waals surface area (Å²) in [4.78, 5) is 4.26. The van der Waals surface area contributed by atoms with Crippen LogP contribution in [0.4, 0.5) is 0 Å². The first kappa shape index (κ1) is 13.9. The molecule has 0 saturated carbocycles. The van der Waals surface area contributed by atoms with E-state index in [0.29, 0.717) is 15.7 Å². The van der Waals surface area contributed by atoms with Crippen LogP contribution in [0.1, 0.15) is 34.8 Å². The Kier molecular flexibility index (Phi) is 3.97. The SMILES string of the molecule is NC(Cc1ccc2c(c1)CCC2)c1ncc(Cl)cc1Cl. The van der Waals surface area contributed by atoms with Gasteiger partial charge in [-0.25, -0.2) is 0 Å². The second kappa shape index (κ2) is 5.72. The van der Waals surface area contributed by atoms with Gasteiger partial charge in [0.2, 0.25) is 0 Å². The fraction of sp³-hybridized carbons (Fsp3) is 0.312. The molecule has 3 rings (SSSR count). The lowest BCUT2D eigenvalue weighted by Crippen LogP contribution is -2.15. The minimum Gasteiger partial charge on any atom is -0.322 e. The number of hydrogen-bond donors (Lipinski definition) is 1. The summed E-state index contributed by atoms with van der Waals surface area (Å²) in [6.07, 6.45) is 5.97. The zero-order chi connectivity index (χ0) is 14.1. The Morgan fingerprint density at radius 1 is 1.15 bits per heavy atom. The summed E-state index contributed by atoms with van der Waals surface area (Å²) in [6, 6.07) is 8.13. The number of rotatable bonds is 3. The molecule has 1 aliphatic carbocycles. The van der Waals surface area contributed by atoms with Crippen LogP contribution in [-0.4, -0.2) is 4.98 Å². The number of benzene rings is 1. The van der Waals surface area contributed by atoms with Gasteiger partial charge in [-0.2, -0.15) is 0 Å². The van der Waals surface area contributed by atoms with Crippen molar-refractivity contribution < 1.29 is 0 Å². The predicted octanol–water partition coefficient (Wildman–Crippen LogP) is 4.12. The Balaban J connectivity index is 1.80. The standard InChI is InChI=1S/C16H16Cl2N2/c17-13-8-14(18)16(20-9-13)15(19)7-10-4-5-11-2-1-3-12(11)6-10/h4-6,8-9,15H,1-3,7,19H2. The van der Waals surface area contributed by atoms with E-state index >= 15 is 0 Å². The Morgan fingerprint density at radius 3 is 2.75 bits per heavy atom. The molecular weight excluding hydrogens is 291 g/mol. The average Bonchev–Trinajstić information content (AvgIpc) is 2.85. The Labute approximate surface area is 128 Å². The summed E-state index contributed by atoms with van der Waals surface area (Å²) in [5.74, 6) is 0. The predicted molar refractivity (Wildman–Crippen MR) is 83.4 cm³/mol. The van der Waals surface area contributed by atoms with Gasteiger partial charge in [0, 0.05) is 6.20 Å². The molecule has 1 aromatic heterocycles. The molecule has 0 amide bonds. The fourth-order valence-corrected chi connectivity index (χ4v) is 3.32. The number of hydrogen-bond acceptors (Lipinski definition) is 2. The molecule has 0 aliphatic heterocycles. The van der Waals surface area contributed by atoms with Gasteiger partial charge in [0.05, 0.1) is 21.8 Å². The van der Waals surface area contributed by atoms with Crippen molar-refractivity contribution in [2.24, 2.45) is 5.73 Å². The highest BCUT2D eigenvalue weighted by molar-refractivity contribution is 6.34. The highest BCUT2D eigenvalue weighted by Crippen LogP contribution is 2.27. The Morgan fingerprint density at radius 2 is 1.95 bits per heavy atom. The first-order valence-electron chi connectivity index (χ1n) is 6.80. The van der Waals surface area contributed by atoms with Crippen LogP contribution in [-0.2, 0) is 19.3 Å². The molecule has 2 N–H and O–H groups in total. The molecule has 2 aromatic rings. The highest BCUT2D eigenvalue weighted by atomic mass is 35.5. The zero-order valence-electron chi connectivity index (χ0n) is 11.1. The molecule has 0 fully saturated rings. The van der Waals surface area contributed by atoms with Gasteiger partial charge in [0.15, 0.2) is 0 Å². The van der Waals surface area contributed by atoms with Crippen molar-refractivity contribution in [2.75, 3.05) is 0 Å². The summed E-state index contributed by atoms with van der Waals surface area (Å²) in [7, 11) is 0. The van der Waals surface area contributed by atoms with Gasteiger partial charge < -0.3 is 5.73 Å². The van der Waals surface area contributed by atoms with Crippen LogP contribution < -0.4 is 5.73 Å². The van der Waals surface area contributed by atoms with E-state index in [0.717, 1.165) is 6.42 Å². The summed E-state index contributed by atoms with van der Waals surface area (Å²) in [5, 5.41) is 1.06. The number of fused-ring (bicyclic) bond motifs is 1. The third kappa shape index (κ3) is 2.83. The summed E-state index contributed by atoms with van der Waals surface area (Å²) < 4.78 is 0. The van der Waals surface area contributed by atoms with Gasteiger partial charge in [-0.05, 0) is 48.4 Å². The van der Waals surface area contributed by atoms with Crippen molar-refractivity contribution in [3.63, 3.8) is 0 Å². The van der Waals surface area contributed by atoms with Gasteiger partial charge >= 0.3 is 0 Å². The highest BCUT2D eigenvalue weighted by Gasteiger charge is 2.15. The van der Waals surface area contributed by atoms with Crippen molar-refractivity contribution in [1.29, 1.82) is 0 Å². The average molecular weight is 307 g/mol. The Hall–Kier alpha value is -1.09. The van der Waals surface area contributed by atoms with E-state index in [-0.39, 0.29) is 6.04 Å². The van der Waals surface area contributed by atoms with Gasteiger partial charge in [0.1, 0.15) is 0 Å². The van der Waals surface area contributed by atoms with E-state index in [1.807, 2.05) is 0 Å². The van der Waals surface area contributed by atoms with Crippen LogP contribution in [0.3, 0.4) is 0 Å². The number of aryl methyl sites for hydroxylation is 2. The van der Waals surface area contributed by atoms with E-state index in [9.17, 15) is 0 Å². The topological polar surface area (TPSA) is 38.9 Å². The smallest absolute Gasteiger partial charge is 0.0761 e. The van der Waals surface area contributed by atoms with Crippen LogP contribution >= 0.6 is 23.2 Å². The van der Waals surface area contributed by atoms with E-state index in [1.165, 1.54) is 36.0 Å². The lowest BCUT2D eigenvalue weighted by atomic mass is 9.99. The van der Waals surface area contributed by atoms with Crippen LogP contribution in [0.15, 0.2) is 30.5 Å². The second-order valence-corrected chi connectivity index (χ2v) is 6.13. The van der Waals surface area contributed by atoms with Crippen LogP contribution in [0, 0.1) is 0 Å². The van der Waals surface area contributed by atoms with Crippen molar-refractivity contribution >= 4 is 23.2 Å². The zero-order valence-corrected chi connectivity index (χ0v) is 12.6. The molecule has 0 radical (unpaired) electrons. The van der Waals surface area contributed by atoms with Crippen molar-refractivity contribution in [2.45, 2.75) is 31.7 Å². The number of pyridine rings is 1. The molecule has 104 valence electrons. The minimum absolute atomic E-state index is 0.209. The van der Waals surface area contributed by atoms with Crippen LogP contribution in [0.5, 0.6) is 0 Å². The fourth-order valence-electron chi connectivity index (χ4n) is 2.80. The number of halogens is 2. The molecule has 0 saturated heterocycles. The molecule has 4 heteroatoms. The maximum absolute atomic E-state index is 6.23. The molecule has 0 bridgehead atoms. The van der Waals surface area contributed by atoms with Crippen molar-refractivity contribution in [1.82, 2.24) is 4.98 Å². The van der Waals surface area contributed by atoms with Gasteiger partial charge in [-0.1, -0.05) is 41.4 Å². The monoisotopic (exact) mass is 306 g/mol. The van der Waals surface area contributed by atoms with Crippen LogP contribution in [0.25, 0.3) is 0 Å². The van der Waals surface area contributed by atoms with E-state index in [4.69, 9.17) is 28.9 Å². The van der Waals surface area contributed by atoms with E-state index in [1.54, 1.807) is 12.3 Å². The van der Waals surface area contributed by atoms with Gasteiger partial charge in [-0.15, -0.1) is 0 Å². The lowest BCUT2D eigenvalue weighted by Gasteiger charge is -2.14. The third-order valence-corrected chi connectivity index (χ3v) is 4.32. The van der Waals surface area contributed by atoms with Crippen LogP contribution in [0.2, 0.25) is 10.0 Å². The molecule has 1 unspecified atom stereocenters. The molecule has 20 heavy (non-hydrogen) atoms. The Bertz CT molecular complexity index is 640. The molecule has 1 heterocycles. The maximum atomic E-state index is 6.23.